The maximum atomic E-state index is 13.4. The molecule has 2 rings (SSSR count). The van der Waals surface area contributed by atoms with Gasteiger partial charge in [0.1, 0.15) is 6.04 Å². The molecule has 0 aliphatic carbocycles. The molecule has 0 unspecified atom stereocenters. The SMILES string of the molecule is CCCNC(=O)[C@@H](CC)N(Cc1ccccc1)C(=O)CCCN(c1cc(C)ccc1C)S(C)(=O)=O. The molecule has 1 N–H and O–H groups in total. The van der Waals surface area contributed by atoms with Gasteiger partial charge in [0.05, 0.1) is 11.9 Å². The molecule has 0 aromatic heterocycles. The monoisotopic (exact) mass is 501 g/mol. The highest BCUT2D eigenvalue weighted by molar-refractivity contribution is 7.92. The van der Waals surface area contributed by atoms with Crippen LogP contribution < -0.4 is 9.62 Å². The first kappa shape index (κ1) is 28.4. The van der Waals surface area contributed by atoms with Crippen molar-refractivity contribution >= 4 is 27.5 Å². The Kier molecular flexibility index (Phi) is 10.8. The number of rotatable bonds is 13. The van der Waals surface area contributed by atoms with E-state index in [9.17, 15) is 18.0 Å². The lowest BCUT2D eigenvalue weighted by Gasteiger charge is -2.31. The minimum atomic E-state index is -3.52. The zero-order chi connectivity index (χ0) is 26.0. The van der Waals surface area contributed by atoms with Crippen LogP contribution in [-0.2, 0) is 26.2 Å². The Hall–Kier alpha value is -2.87. The van der Waals surface area contributed by atoms with Gasteiger partial charge in [0.25, 0.3) is 0 Å². The predicted octanol–water partition coefficient (Wildman–Crippen LogP) is 4.18. The van der Waals surface area contributed by atoms with Gasteiger partial charge in [0.15, 0.2) is 0 Å². The largest absolute Gasteiger partial charge is 0.354 e. The first-order valence-corrected chi connectivity index (χ1v) is 14.1. The van der Waals surface area contributed by atoms with Gasteiger partial charge >= 0.3 is 0 Å². The topological polar surface area (TPSA) is 86.8 Å². The van der Waals surface area contributed by atoms with E-state index in [1.165, 1.54) is 10.6 Å². The fourth-order valence-corrected chi connectivity index (χ4v) is 5.05. The van der Waals surface area contributed by atoms with Crippen LogP contribution in [0.4, 0.5) is 5.69 Å². The van der Waals surface area contributed by atoms with Crippen LogP contribution in [0.15, 0.2) is 48.5 Å². The summed E-state index contributed by atoms with van der Waals surface area (Å²) in [7, 11) is -3.52. The third-order valence-corrected chi connectivity index (χ3v) is 7.10. The van der Waals surface area contributed by atoms with Gasteiger partial charge in [-0.25, -0.2) is 8.42 Å². The zero-order valence-corrected chi connectivity index (χ0v) is 22.4. The van der Waals surface area contributed by atoms with E-state index in [1.807, 2.05) is 76.2 Å². The Morgan fingerprint density at radius 2 is 1.71 bits per heavy atom. The second-order valence-corrected chi connectivity index (χ2v) is 10.9. The molecule has 0 aliphatic heterocycles. The second-order valence-electron chi connectivity index (χ2n) is 8.95. The molecule has 8 heteroatoms. The van der Waals surface area contributed by atoms with Gasteiger partial charge in [-0.15, -0.1) is 0 Å². The van der Waals surface area contributed by atoms with Gasteiger partial charge in [-0.2, -0.15) is 0 Å². The molecule has 0 heterocycles. The molecule has 0 aliphatic rings. The number of hydrogen-bond donors (Lipinski definition) is 1. The first-order valence-electron chi connectivity index (χ1n) is 12.2. The Morgan fingerprint density at radius 3 is 2.31 bits per heavy atom. The predicted molar refractivity (Wildman–Crippen MR) is 142 cm³/mol. The maximum Gasteiger partial charge on any atom is 0.242 e. The average molecular weight is 502 g/mol. The number of nitrogens with one attached hydrogen (secondary N) is 1. The lowest BCUT2D eigenvalue weighted by molar-refractivity contribution is -0.141. The van der Waals surface area contributed by atoms with E-state index < -0.39 is 16.1 Å². The van der Waals surface area contributed by atoms with Crippen LogP contribution in [-0.4, -0.2) is 50.5 Å². The quantitative estimate of drug-likeness (QED) is 0.446. The Morgan fingerprint density at radius 1 is 1.03 bits per heavy atom. The standard InChI is InChI=1S/C27H39N3O4S/c1-6-17-28-27(32)24(7-2)29(20-23-12-9-8-10-13-23)26(31)14-11-18-30(35(5,33)34)25-19-21(3)15-16-22(25)4/h8-10,12-13,15-16,19,24H,6-7,11,14,17-18,20H2,1-5H3,(H,28,32)/t24-/m1/s1. The summed E-state index contributed by atoms with van der Waals surface area (Å²) >= 11 is 0. The van der Waals surface area contributed by atoms with Crippen molar-refractivity contribution in [2.24, 2.45) is 0 Å². The van der Waals surface area contributed by atoms with Crippen molar-refractivity contribution in [3.05, 3.63) is 65.2 Å². The molecule has 2 aromatic carbocycles. The van der Waals surface area contributed by atoms with E-state index in [0.29, 0.717) is 31.6 Å². The van der Waals surface area contributed by atoms with E-state index in [0.717, 1.165) is 23.1 Å². The number of amides is 2. The van der Waals surface area contributed by atoms with Crippen LogP contribution >= 0.6 is 0 Å². The molecule has 1 atom stereocenters. The summed E-state index contributed by atoms with van der Waals surface area (Å²) in [5, 5.41) is 2.91. The highest BCUT2D eigenvalue weighted by Crippen LogP contribution is 2.25. The van der Waals surface area contributed by atoms with Gasteiger partial charge in [-0.3, -0.25) is 13.9 Å². The number of sulfonamides is 1. The molecule has 0 saturated carbocycles. The molecular weight excluding hydrogens is 462 g/mol. The first-order chi connectivity index (χ1) is 16.6. The van der Waals surface area contributed by atoms with Crippen LogP contribution in [0.1, 0.15) is 56.2 Å². The van der Waals surface area contributed by atoms with Crippen molar-refractivity contribution in [2.75, 3.05) is 23.7 Å². The van der Waals surface area contributed by atoms with E-state index in [2.05, 4.69) is 5.32 Å². The number of nitrogens with zero attached hydrogens (tertiary/aromatic N) is 2. The smallest absolute Gasteiger partial charge is 0.242 e. The van der Waals surface area contributed by atoms with Gasteiger partial charge < -0.3 is 10.2 Å². The second kappa shape index (κ2) is 13.3. The maximum absolute atomic E-state index is 13.4. The van der Waals surface area contributed by atoms with Crippen LogP contribution in [0.2, 0.25) is 0 Å². The van der Waals surface area contributed by atoms with E-state index in [-0.39, 0.29) is 24.8 Å². The van der Waals surface area contributed by atoms with E-state index in [4.69, 9.17) is 0 Å². The van der Waals surface area contributed by atoms with Crippen molar-refractivity contribution < 1.29 is 18.0 Å². The minimum absolute atomic E-state index is 0.140. The van der Waals surface area contributed by atoms with Crippen LogP contribution in [0, 0.1) is 13.8 Å². The lowest BCUT2D eigenvalue weighted by Crippen LogP contribution is -2.49. The number of benzene rings is 2. The summed E-state index contributed by atoms with van der Waals surface area (Å²) < 4.78 is 26.5. The fraction of sp³-hybridized carbons (Fsp3) is 0.481. The Labute approximate surface area is 210 Å². The molecule has 2 aromatic rings. The molecule has 192 valence electrons. The summed E-state index contributed by atoms with van der Waals surface area (Å²) in [6.45, 7) is 8.74. The number of carbonyl (C=O) groups is 2. The third kappa shape index (κ3) is 8.38. The third-order valence-electron chi connectivity index (χ3n) is 5.92. The van der Waals surface area contributed by atoms with Crippen molar-refractivity contribution in [1.82, 2.24) is 10.2 Å². The van der Waals surface area contributed by atoms with Gasteiger partial charge in [-0.1, -0.05) is 56.3 Å². The Bertz CT molecular complexity index is 1090. The number of anilines is 1. The summed E-state index contributed by atoms with van der Waals surface area (Å²) in [6, 6.07) is 14.7. The van der Waals surface area contributed by atoms with E-state index in [1.54, 1.807) is 4.90 Å². The van der Waals surface area contributed by atoms with E-state index >= 15 is 0 Å². The molecule has 0 bridgehead atoms. The van der Waals surface area contributed by atoms with Crippen LogP contribution in [0.3, 0.4) is 0 Å². The van der Waals surface area contributed by atoms with Crippen molar-refractivity contribution in [2.45, 2.75) is 66.0 Å². The molecule has 35 heavy (non-hydrogen) atoms. The van der Waals surface area contributed by atoms with Crippen molar-refractivity contribution in [3.8, 4) is 0 Å². The normalized spacial score (nSPS) is 12.1. The fourth-order valence-electron chi connectivity index (χ4n) is 4.04. The molecule has 7 nitrogen and oxygen atoms in total. The molecule has 0 radical (unpaired) electrons. The zero-order valence-electron chi connectivity index (χ0n) is 21.6. The summed E-state index contributed by atoms with van der Waals surface area (Å²) in [4.78, 5) is 27.9. The lowest BCUT2D eigenvalue weighted by atomic mass is 10.1. The van der Waals surface area contributed by atoms with Gasteiger partial charge in [0.2, 0.25) is 21.8 Å². The Balaban J connectivity index is 2.21. The van der Waals surface area contributed by atoms with Crippen LogP contribution in [0.25, 0.3) is 0 Å². The summed E-state index contributed by atoms with van der Waals surface area (Å²) in [5.74, 6) is -0.325. The number of carbonyl (C=O) groups excluding carboxylic acids is 2. The van der Waals surface area contributed by atoms with Gasteiger partial charge in [-0.05, 0) is 55.9 Å². The number of hydrogen-bond acceptors (Lipinski definition) is 4. The van der Waals surface area contributed by atoms with Gasteiger partial charge in [0, 0.05) is 26.1 Å². The summed E-state index contributed by atoms with van der Waals surface area (Å²) in [5.41, 5.74) is 3.40. The molecule has 2 amide bonds. The van der Waals surface area contributed by atoms with Crippen molar-refractivity contribution in [1.29, 1.82) is 0 Å². The molecule has 0 spiro atoms. The summed E-state index contributed by atoms with van der Waals surface area (Å²) in [6.07, 6.45) is 2.98. The van der Waals surface area contributed by atoms with Crippen molar-refractivity contribution in [3.63, 3.8) is 0 Å². The molecule has 0 saturated heterocycles. The molecular formula is C27H39N3O4S. The average Bonchev–Trinajstić information content (AvgIpc) is 2.81. The molecule has 0 fully saturated rings. The van der Waals surface area contributed by atoms with Crippen LogP contribution in [0.5, 0.6) is 0 Å². The highest BCUT2D eigenvalue weighted by atomic mass is 32.2. The highest BCUT2D eigenvalue weighted by Gasteiger charge is 2.28. The number of aryl methyl sites for hydroxylation is 2. The minimum Gasteiger partial charge on any atom is -0.354 e.